The lowest BCUT2D eigenvalue weighted by Crippen LogP contribution is -2.48. The van der Waals surface area contributed by atoms with Gasteiger partial charge in [0, 0.05) is 56.3 Å². The van der Waals surface area contributed by atoms with Crippen LogP contribution in [0.2, 0.25) is 0 Å². The predicted molar refractivity (Wildman–Crippen MR) is 133 cm³/mol. The molecular formula is C26H32N4O4. The van der Waals surface area contributed by atoms with Crippen molar-refractivity contribution in [2.75, 3.05) is 19.0 Å². The summed E-state index contributed by atoms with van der Waals surface area (Å²) in [5.74, 6) is -1.64. The Morgan fingerprint density at radius 1 is 1.06 bits per heavy atom. The molecule has 3 rings (SSSR count). The maximum absolute atomic E-state index is 13.5. The van der Waals surface area contributed by atoms with Gasteiger partial charge in [0.2, 0.25) is 0 Å². The molecule has 0 aliphatic carbocycles. The topological polar surface area (TPSA) is 109 Å². The first-order chi connectivity index (χ1) is 16.2. The summed E-state index contributed by atoms with van der Waals surface area (Å²) in [5.41, 5.74) is 3.43. The number of hydrogen-bond donors (Lipinski definition) is 3. The highest BCUT2D eigenvalue weighted by Gasteiger charge is 2.33. The van der Waals surface area contributed by atoms with Crippen LogP contribution in [-0.4, -0.2) is 57.9 Å². The molecule has 0 aliphatic heterocycles. The fourth-order valence-electron chi connectivity index (χ4n) is 3.98. The van der Waals surface area contributed by atoms with E-state index in [-0.39, 0.29) is 31.0 Å². The molecule has 0 bridgehead atoms. The van der Waals surface area contributed by atoms with Crippen molar-refractivity contribution in [3.05, 3.63) is 65.9 Å². The van der Waals surface area contributed by atoms with Crippen LogP contribution < -0.4 is 4.90 Å². The summed E-state index contributed by atoms with van der Waals surface area (Å²) in [6.45, 7) is 3.88. The van der Waals surface area contributed by atoms with Crippen molar-refractivity contribution >= 4 is 34.2 Å². The molecular weight excluding hydrogens is 432 g/mol. The number of hydrogen-bond acceptors (Lipinski definition) is 5. The number of para-hydroxylation sites is 1. The van der Waals surface area contributed by atoms with Gasteiger partial charge in [0.15, 0.2) is 0 Å². The number of carbonyl (C=O) groups is 2. The van der Waals surface area contributed by atoms with E-state index in [1.165, 1.54) is 4.90 Å². The molecule has 0 fully saturated rings. The van der Waals surface area contributed by atoms with Crippen LogP contribution >= 0.6 is 0 Å². The quantitative estimate of drug-likeness (QED) is 0.237. The molecule has 0 spiro atoms. The largest absolute Gasteiger partial charge is 0.480 e. The van der Waals surface area contributed by atoms with Gasteiger partial charge in [0.05, 0.1) is 0 Å². The Morgan fingerprint density at radius 2 is 1.74 bits per heavy atom. The minimum absolute atomic E-state index is 0.0508. The molecule has 1 amide bonds. The standard InChI is InChI=1S/C26H32N4O4/c1-17(2)13-23(28-34)25(31)30(16-18-9-11-20(12-10-18)29(3)4)24(26(32)33)14-19-15-27-22-8-6-5-7-21(19)22/h5-12,15,17,24,27,34H,13-14,16H2,1-4H3,(H,32,33)/t24-/m0/s1. The van der Waals surface area contributed by atoms with Gasteiger partial charge >= 0.3 is 5.97 Å². The van der Waals surface area contributed by atoms with E-state index in [9.17, 15) is 19.9 Å². The van der Waals surface area contributed by atoms with Crippen LogP contribution in [0.5, 0.6) is 0 Å². The van der Waals surface area contributed by atoms with Gasteiger partial charge in [-0.05, 0) is 35.2 Å². The zero-order chi connectivity index (χ0) is 24.8. The fraction of sp³-hybridized carbons (Fsp3) is 0.346. The SMILES string of the molecule is CC(C)CC(=NO)C(=O)N(Cc1ccc(N(C)C)cc1)[C@@H](Cc1c[nH]c2ccccc12)C(=O)O. The van der Waals surface area contributed by atoms with E-state index in [4.69, 9.17) is 0 Å². The summed E-state index contributed by atoms with van der Waals surface area (Å²) < 4.78 is 0. The molecule has 1 heterocycles. The Hall–Kier alpha value is -3.81. The van der Waals surface area contributed by atoms with Crippen molar-refractivity contribution in [2.45, 2.75) is 39.3 Å². The number of nitrogens with one attached hydrogen (secondary N) is 1. The zero-order valence-electron chi connectivity index (χ0n) is 20.0. The van der Waals surface area contributed by atoms with Crippen LogP contribution in [0.3, 0.4) is 0 Å². The van der Waals surface area contributed by atoms with Crippen LogP contribution in [0.1, 0.15) is 31.4 Å². The Balaban J connectivity index is 1.99. The first-order valence-electron chi connectivity index (χ1n) is 11.3. The molecule has 1 aromatic heterocycles. The predicted octanol–water partition coefficient (Wildman–Crippen LogP) is 4.13. The van der Waals surface area contributed by atoms with Gasteiger partial charge in [-0.1, -0.05) is 49.3 Å². The second kappa shape index (κ2) is 10.9. The van der Waals surface area contributed by atoms with E-state index in [1.807, 2.05) is 81.4 Å². The normalized spacial score (nSPS) is 12.7. The summed E-state index contributed by atoms with van der Waals surface area (Å²) in [5, 5.41) is 23.9. The number of carboxylic acids is 1. The van der Waals surface area contributed by atoms with Crippen molar-refractivity contribution in [1.29, 1.82) is 0 Å². The third-order valence-electron chi connectivity index (χ3n) is 5.79. The number of aliphatic carboxylic acids is 1. The average Bonchev–Trinajstić information content (AvgIpc) is 3.22. The van der Waals surface area contributed by atoms with Gasteiger partial charge in [-0.15, -0.1) is 0 Å². The maximum atomic E-state index is 13.5. The van der Waals surface area contributed by atoms with Crippen LogP contribution in [0.15, 0.2) is 59.9 Å². The molecule has 8 heteroatoms. The van der Waals surface area contributed by atoms with Gasteiger partial charge in [-0.3, -0.25) is 4.79 Å². The molecule has 0 radical (unpaired) electrons. The van der Waals surface area contributed by atoms with E-state index >= 15 is 0 Å². The summed E-state index contributed by atoms with van der Waals surface area (Å²) in [7, 11) is 3.87. The first-order valence-corrected chi connectivity index (χ1v) is 11.3. The number of oxime groups is 1. The highest BCUT2D eigenvalue weighted by molar-refractivity contribution is 6.38. The van der Waals surface area contributed by atoms with Gasteiger partial charge in [-0.2, -0.15) is 0 Å². The van der Waals surface area contributed by atoms with Gasteiger partial charge in [0.1, 0.15) is 11.8 Å². The van der Waals surface area contributed by atoms with E-state index in [0.29, 0.717) is 0 Å². The zero-order valence-corrected chi connectivity index (χ0v) is 20.0. The van der Waals surface area contributed by atoms with Crippen LogP contribution in [0.25, 0.3) is 10.9 Å². The van der Waals surface area contributed by atoms with Gasteiger partial charge in [0.25, 0.3) is 5.91 Å². The third-order valence-corrected chi connectivity index (χ3v) is 5.79. The smallest absolute Gasteiger partial charge is 0.326 e. The number of carboxylic acid groups (broad SMARTS) is 1. The van der Waals surface area contributed by atoms with Crippen molar-refractivity contribution in [3.8, 4) is 0 Å². The lowest BCUT2D eigenvalue weighted by Gasteiger charge is -2.30. The molecule has 0 unspecified atom stereocenters. The number of H-pyrrole nitrogens is 1. The Kier molecular flexibility index (Phi) is 7.94. The third kappa shape index (κ3) is 5.75. The number of rotatable bonds is 10. The molecule has 8 nitrogen and oxygen atoms in total. The summed E-state index contributed by atoms with van der Waals surface area (Å²) in [6, 6.07) is 14.1. The number of fused-ring (bicyclic) bond motifs is 1. The maximum Gasteiger partial charge on any atom is 0.326 e. The number of benzene rings is 2. The Morgan fingerprint density at radius 3 is 2.32 bits per heavy atom. The number of nitrogens with zero attached hydrogens (tertiary/aromatic N) is 3. The lowest BCUT2D eigenvalue weighted by molar-refractivity contribution is -0.148. The van der Waals surface area contributed by atoms with Crippen LogP contribution in [0, 0.1) is 5.92 Å². The van der Waals surface area contributed by atoms with E-state index in [2.05, 4.69) is 10.1 Å². The second-order valence-electron chi connectivity index (χ2n) is 9.06. The minimum Gasteiger partial charge on any atom is -0.480 e. The molecule has 3 aromatic rings. The van der Waals surface area contributed by atoms with Crippen molar-refractivity contribution in [3.63, 3.8) is 0 Å². The number of aromatic amines is 1. The summed E-state index contributed by atoms with van der Waals surface area (Å²) in [4.78, 5) is 32.4. The molecule has 2 aromatic carbocycles. The Labute approximate surface area is 199 Å². The Bertz CT molecular complexity index is 1170. The minimum atomic E-state index is -1.15. The van der Waals surface area contributed by atoms with Gasteiger partial charge < -0.3 is 25.1 Å². The second-order valence-corrected chi connectivity index (χ2v) is 9.06. The van der Waals surface area contributed by atoms with E-state index < -0.39 is 17.9 Å². The van der Waals surface area contributed by atoms with Gasteiger partial charge in [-0.25, -0.2) is 4.79 Å². The molecule has 1 atom stereocenters. The van der Waals surface area contributed by atoms with Crippen LogP contribution in [-0.2, 0) is 22.6 Å². The van der Waals surface area contributed by atoms with Crippen molar-refractivity contribution in [2.24, 2.45) is 11.1 Å². The summed E-state index contributed by atoms with van der Waals surface area (Å²) in [6.07, 6.45) is 2.14. The monoisotopic (exact) mass is 464 g/mol. The van der Waals surface area contributed by atoms with Crippen molar-refractivity contribution in [1.82, 2.24) is 9.88 Å². The number of aromatic nitrogens is 1. The summed E-state index contributed by atoms with van der Waals surface area (Å²) >= 11 is 0. The fourth-order valence-corrected chi connectivity index (χ4v) is 3.98. The number of amides is 1. The number of carbonyl (C=O) groups excluding carboxylic acids is 1. The van der Waals surface area contributed by atoms with Crippen molar-refractivity contribution < 1.29 is 19.9 Å². The molecule has 3 N–H and O–H groups in total. The average molecular weight is 465 g/mol. The molecule has 0 aliphatic rings. The first kappa shape index (κ1) is 24.8. The molecule has 34 heavy (non-hydrogen) atoms. The lowest BCUT2D eigenvalue weighted by atomic mass is 10.0. The molecule has 0 saturated heterocycles. The molecule has 0 saturated carbocycles. The number of anilines is 1. The van der Waals surface area contributed by atoms with E-state index in [1.54, 1.807) is 6.20 Å². The van der Waals surface area contributed by atoms with E-state index in [0.717, 1.165) is 27.7 Å². The highest BCUT2D eigenvalue weighted by Crippen LogP contribution is 2.23. The molecule has 180 valence electrons. The van der Waals surface area contributed by atoms with Crippen LogP contribution in [0.4, 0.5) is 5.69 Å². The highest BCUT2D eigenvalue weighted by atomic mass is 16.4.